The lowest BCUT2D eigenvalue weighted by atomic mass is 10.0. The molecule has 0 spiro atoms. The topological polar surface area (TPSA) is 84.1 Å². The molecule has 8 heteroatoms. The normalized spacial score (nSPS) is 12.9. The highest BCUT2D eigenvalue weighted by Gasteiger charge is 2.30. The number of likely N-dealkylation sites (N-methyl/N-ethyl adjacent to an activating group) is 1. The molecule has 1 aromatic heterocycles. The number of aromatic nitrogens is 4. The van der Waals surface area contributed by atoms with Crippen LogP contribution in [0, 0.1) is 12.7 Å². The van der Waals surface area contributed by atoms with Gasteiger partial charge in [-0.15, -0.1) is 5.10 Å². The van der Waals surface area contributed by atoms with Crippen LogP contribution in [0.25, 0.3) is 0 Å². The average Bonchev–Trinajstić information content (AvgIpc) is 2.95. The Morgan fingerprint density at radius 2 is 2.16 bits per heavy atom. The van der Waals surface area contributed by atoms with E-state index < -0.39 is 11.6 Å². The van der Waals surface area contributed by atoms with Crippen LogP contribution >= 0.6 is 0 Å². The highest BCUT2D eigenvalue weighted by molar-refractivity contribution is 5.80. The number of halogens is 1. The van der Waals surface area contributed by atoms with Gasteiger partial charge in [-0.3, -0.25) is 4.79 Å². The number of rotatable bonds is 7. The summed E-state index contributed by atoms with van der Waals surface area (Å²) in [5.41, 5.74) is -0.349. The van der Waals surface area contributed by atoms with Crippen molar-refractivity contribution < 1.29 is 14.3 Å². The zero-order valence-electron chi connectivity index (χ0n) is 15.0. The van der Waals surface area contributed by atoms with E-state index in [9.17, 15) is 14.3 Å². The molecule has 136 valence electrons. The van der Waals surface area contributed by atoms with Gasteiger partial charge in [-0.2, -0.15) is 0 Å². The van der Waals surface area contributed by atoms with Gasteiger partial charge in [0.05, 0.1) is 5.60 Å². The van der Waals surface area contributed by atoms with Crippen molar-refractivity contribution in [3.63, 3.8) is 0 Å². The third-order valence-corrected chi connectivity index (χ3v) is 3.83. The average molecular weight is 349 g/mol. The Hall–Kier alpha value is -2.35. The standard InChI is InChI=1S/C17H24FN5O2/c1-5-22(11-17(3,4)25)16(24)15(23-12(2)19-20-21-23)10-13-7-6-8-14(18)9-13/h6-9,15,25H,5,10-11H2,1-4H3. The lowest BCUT2D eigenvalue weighted by Gasteiger charge is -2.31. The first-order valence-electron chi connectivity index (χ1n) is 8.21. The maximum atomic E-state index is 13.5. The summed E-state index contributed by atoms with van der Waals surface area (Å²) in [5.74, 6) is -0.0840. The fourth-order valence-corrected chi connectivity index (χ4v) is 2.72. The van der Waals surface area contributed by atoms with Crippen LogP contribution in [0.15, 0.2) is 24.3 Å². The molecule has 0 bridgehead atoms. The summed E-state index contributed by atoms with van der Waals surface area (Å²) in [6.07, 6.45) is 0.255. The van der Waals surface area contributed by atoms with Gasteiger partial charge in [-0.1, -0.05) is 12.1 Å². The maximum absolute atomic E-state index is 13.5. The molecule has 2 aromatic rings. The predicted molar refractivity (Wildman–Crippen MR) is 90.2 cm³/mol. The molecule has 1 atom stereocenters. The summed E-state index contributed by atoms with van der Waals surface area (Å²) in [5, 5.41) is 21.5. The zero-order valence-corrected chi connectivity index (χ0v) is 15.0. The number of benzene rings is 1. The Bertz CT molecular complexity index is 726. The minimum Gasteiger partial charge on any atom is -0.389 e. The molecule has 1 heterocycles. The van der Waals surface area contributed by atoms with E-state index in [0.29, 0.717) is 17.9 Å². The third kappa shape index (κ3) is 5.06. The number of hydrogen-bond donors (Lipinski definition) is 1. The Morgan fingerprint density at radius 3 is 2.68 bits per heavy atom. The number of amides is 1. The van der Waals surface area contributed by atoms with Crippen molar-refractivity contribution in [2.24, 2.45) is 0 Å². The van der Waals surface area contributed by atoms with Gasteiger partial charge in [0.15, 0.2) is 0 Å². The fraction of sp³-hybridized carbons (Fsp3) is 0.529. The molecule has 7 nitrogen and oxygen atoms in total. The maximum Gasteiger partial charge on any atom is 0.248 e. The summed E-state index contributed by atoms with van der Waals surface area (Å²) in [7, 11) is 0. The van der Waals surface area contributed by atoms with E-state index in [0.717, 1.165) is 0 Å². The van der Waals surface area contributed by atoms with Crippen molar-refractivity contribution >= 4 is 5.91 Å². The molecular weight excluding hydrogens is 325 g/mol. The minimum absolute atomic E-state index is 0.184. The van der Waals surface area contributed by atoms with Crippen LogP contribution in [0.1, 0.15) is 38.2 Å². The molecule has 0 aliphatic carbocycles. The lowest BCUT2D eigenvalue weighted by Crippen LogP contribution is -2.45. The Balaban J connectivity index is 2.34. The Morgan fingerprint density at radius 1 is 1.44 bits per heavy atom. The second-order valence-electron chi connectivity index (χ2n) is 6.69. The van der Waals surface area contributed by atoms with E-state index in [2.05, 4.69) is 15.5 Å². The van der Waals surface area contributed by atoms with E-state index in [1.165, 1.54) is 16.8 Å². The summed E-state index contributed by atoms with van der Waals surface area (Å²) in [6, 6.07) is 5.41. The largest absolute Gasteiger partial charge is 0.389 e. The number of hydrogen-bond acceptors (Lipinski definition) is 5. The highest BCUT2D eigenvalue weighted by Crippen LogP contribution is 2.19. The number of nitrogens with zero attached hydrogens (tertiary/aromatic N) is 5. The van der Waals surface area contributed by atoms with Gasteiger partial charge < -0.3 is 10.0 Å². The summed E-state index contributed by atoms with van der Waals surface area (Å²) >= 11 is 0. The van der Waals surface area contributed by atoms with Gasteiger partial charge >= 0.3 is 0 Å². The Kier molecular flexibility index (Phi) is 5.84. The van der Waals surface area contributed by atoms with Gasteiger partial charge in [0.2, 0.25) is 5.91 Å². The minimum atomic E-state index is -1.02. The van der Waals surface area contributed by atoms with Crippen molar-refractivity contribution in [1.82, 2.24) is 25.1 Å². The van der Waals surface area contributed by atoms with E-state index >= 15 is 0 Å². The van der Waals surface area contributed by atoms with Crippen molar-refractivity contribution in [2.45, 2.75) is 45.8 Å². The lowest BCUT2D eigenvalue weighted by molar-refractivity contribution is -0.138. The van der Waals surface area contributed by atoms with Gasteiger partial charge in [0, 0.05) is 19.5 Å². The molecule has 0 radical (unpaired) electrons. The first-order valence-corrected chi connectivity index (χ1v) is 8.21. The molecule has 1 amide bonds. The summed E-state index contributed by atoms with van der Waals surface area (Å²) < 4.78 is 15.0. The number of carbonyl (C=O) groups excluding carboxylic acids is 1. The number of aliphatic hydroxyl groups is 1. The Labute approximate surface area is 146 Å². The van der Waals surface area contributed by atoms with E-state index in [-0.39, 0.29) is 24.7 Å². The van der Waals surface area contributed by atoms with E-state index in [4.69, 9.17) is 0 Å². The van der Waals surface area contributed by atoms with Crippen molar-refractivity contribution in [3.05, 3.63) is 41.5 Å². The first kappa shape index (κ1) is 19.0. The monoisotopic (exact) mass is 349 g/mol. The molecule has 0 saturated carbocycles. The molecule has 1 N–H and O–H groups in total. The number of carbonyl (C=O) groups is 1. The van der Waals surface area contributed by atoms with E-state index in [1.54, 1.807) is 37.8 Å². The molecule has 0 aliphatic rings. The van der Waals surface area contributed by atoms with Gasteiger partial charge in [-0.25, -0.2) is 9.07 Å². The van der Waals surface area contributed by atoms with Crippen LogP contribution in [-0.4, -0.2) is 54.8 Å². The molecule has 2 rings (SSSR count). The molecule has 25 heavy (non-hydrogen) atoms. The molecular formula is C17H24FN5O2. The first-order chi connectivity index (χ1) is 11.7. The van der Waals surface area contributed by atoms with E-state index in [1.807, 2.05) is 6.92 Å². The second-order valence-corrected chi connectivity index (χ2v) is 6.69. The number of aryl methyl sites for hydroxylation is 1. The van der Waals surface area contributed by atoms with Crippen LogP contribution < -0.4 is 0 Å². The smallest absolute Gasteiger partial charge is 0.248 e. The van der Waals surface area contributed by atoms with Crippen LogP contribution in [0.5, 0.6) is 0 Å². The highest BCUT2D eigenvalue weighted by atomic mass is 19.1. The van der Waals surface area contributed by atoms with Gasteiger partial charge in [0.25, 0.3) is 0 Å². The third-order valence-electron chi connectivity index (χ3n) is 3.83. The molecule has 0 saturated heterocycles. The SMILES string of the molecule is CCN(CC(C)(C)O)C(=O)C(Cc1cccc(F)c1)n1nnnc1C. The summed E-state index contributed by atoms with van der Waals surface area (Å²) in [4.78, 5) is 14.7. The number of tetrazole rings is 1. The van der Waals surface area contributed by atoms with Crippen LogP contribution in [0.3, 0.4) is 0 Å². The van der Waals surface area contributed by atoms with Crippen LogP contribution in [0.2, 0.25) is 0 Å². The summed E-state index contributed by atoms with van der Waals surface area (Å²) in [6.45, 7) is 7.46. The van der Waals surface area contributed by atoms with Crippen molar-refractivity contribution in [1.29, 1.82) is 0 Å². The molecule has 1 unspecified atom stereocenters. The van der Waals surface area contributed by atoms with Crippen LogP contribution in [-0.2, 0) is 11.2 Å². The second kappa shape index (κ2) is 7.69. The molecule has 0 aliphatic heterocycles. The van der Waals surface area contributed by atoms with Crippen molar-refractivity contribution in [2.75, 3.05) is 13.1 Å². The van der Waals surface area contributed by atoms with Crippen molar-refractivity contribution in [3.8, 4) is 0 Å². The van der Waals surface area contributed by atoms with Gasteiger partial charge in [0.1, 0.15) is 17.7 Å². The predicted octanol–water partition coefficient (Wildman–Crippen LogP) is 1.52. The van der Waals surface area contributed by atoms with Gasteiger partial charge in [-0.05, 0) is 55.8 Å². The molecule has 1 aromatic carbocycles. The van der Waals surface area contributed by atoms with Crippen LogP contribution in [0.4, 0.5) is 4.39 Å². The molecule has 0 fully saturated rings. The quantitative estimate of drug-likeness (QED) is 0.819. The fourth-order valence-electron chi connectivity index (χ4n) is 2.72. The zero-order chi connectivity index (χ0) is 18.6.